The molecule has 112 valence electrons. The fourth-order valence-corrected chi connectivity index (χ4v) is 3.91. The Kier molecular flexibility index (Phi) is 6.38. The van der Waals surface area contributed by atoms with E-state index in [4.69, 9.17) is 18.0 Å². The zero-order valence-electron chi connectivity index (χ0n) is 11.2. The Morgan fingerprint density at radius 3 is 2.70 bits per heavy atom. The van der Waals surface area contributed by atoms with Crippen LogP contribution in [-0.4, -0.2) is 31.5 Å². The third-order valence-corrected chi connectivity index (χ3v) is 5.17. The molecule has 0 saturated heterocycles. The molecular weight excluding hydrogens is 319 g/mol. The second-order valence-corrected chi connectivity index (χ2v) is 7.25. The van der Waals surface area contributed by atoms with E-state index in [1.807, 2.05) is 13.2 Å². The van der Waals surface area contributed by atoms with Crippen molar-refractivity contribution in [1.82, 2.24) is 4.72 Å². The lowest BCUT2D eigenvalue weighted by Crippen LogP contribution is -2.36. The average molecular weight is 336 g/mol. The van der Waals surface area contributed by atoms with Crippen LogP contribution in [0.1, 0.15) is 18.9 Å². The SMILES string of the molecule is CCC(CSC)NS(=O)(=O)c1ccc(F)c(C(N)=S)c1. The number of rotatable bonds is 7. The number of nitrogens with one attached hydrogen (secondary N) is 1. The fourth-order valence-electron chi connectivity index (χ4n) is 1.58. The maximum Gasteiger partial charge on any atom is 0.240 e. The maximum absolute atomic E-state index is 13.5. The monoisotopic (exact) mass is 336 g/mol. The van der Waals surface area contributed by atoms with Crippen LogP contribution in [0.25, 0.3) is 0 Å². The molecule has 1 unspecified atom stereocenters. The Balaban J connectivity index is 3.09. The van der Waals surface area contributed by atoms with Crippen LogP contribution in [0, 0.1) is 5.82 Å². The zero-order chi connectivity index (χ0) is 15.3. The summed E-state index contributed by atoms with van der Waals surface area (Å²) in [4.78, 5) is -0.211. The second-order valence-electron chi connectivity index (χ2n) is 4.19. The summed E-state index contributed by atoms with van der Waals surface area (Å²) < 4.78 is 40.5. The van der Waals surface area contributed by atoms with Crippen molar-refractivity contribution < 1.29 is 12.8 Å². The largest absolute Gasteiger partial charge is 0.389 e. The van der Waals surface area contributed by atoms with E-state index in [1.165, 1.54) is 6.07 Å². The molecule has 0 spiro atoms. The summed E-state index contributed by atoms with van der Waals surface area (Å²) in [6.07, 6.45) is 2.57. The van der Waals surface area contributed by atoms with E-state index in [2.05, 4.69) is 4.72 Å². The summed E-state index contributed by atoms with van der Waals surface area (Å²) in [5.41, 5.74) is 5.31. The molecule has 8 heteroatoms. The number of thioether (sulfide) groups is 1. The summed E-state index contributed by atoms with van der Waals surface area (Å²) in [6.45, 7) is 1.90. The third-order valence-electron chi connectivity index (χ3n) is 2.70. The van der Waals surface area contributed by atoms with Gasteiger partial charge in [0.05, 0.1) is 4.90 Å². The van der Waals surface area contributed by atoms with Crippen molar-refractivity contribution in [1.29, 1.82) is 0 Å². The zero-order valence-corrected chi connectivity index (χ0v) is 13.7. The Labute approximate surface area is 128 Å². The first-order chi connectivity index (χ1) is 9.31. The van der Waals surface area contributed by atoms with Gasteiger partial charge in [0, 0.05) is 17.4 Å². The molecule has 1 atom stereocenters. The first-order valence-electron chi connectivity index (χ1n) is 5.92. The van der Waals surface area contributed by atoms with Crippen molar-refractivity contribution in [3.05, 3.63) is 29.6 Å². The van der Waals surface area contributed by atoms with E-state index in [0.717, 1.165) is 12.1 Å². The molecule has 3 N–H and O–H groups in total. The average Bonchev–Trinajstić information content (AvgIpc) is 2.37. The third kappa shape index (κ3) is 4.41. The van der Waals surface area contributed by atoms with Crippen LogP contribution in [0.5, 0.6) is 0 Å². The summed E-state index contributed by atoms with van der Waals surface area (Å²) >= 11 is 6.26. The van der Waals surface area contributed by atoms with Crippen molar-refractivity contribution in [2.75, 3.05) is 12.0 Å². The molecule has 0 radical (unpaired) electrons. The number of halogens is 1. The number of benzene rings is 1. The Hall–Kier alpha value is -0.700. The van der Waals surface area contributed by atoms with Crippen LogP contribution in [0.4, 0.5) is 4.39 Å². The summed E-state index contributed by atoms with van der Waals surface area (Å²) in [6, 6.07) is 3.24. The van der Waals surface area contributed by atoms with Gasteiger partial charge >= 0.3 is 0 Å². The van der Waals surface area contributed by atoms with Gasteiger partial charge in [-0.3, -0.25) is 0 Å². The predicted molar refractivity (Wildman–Crippen MR) is 85.1 cm³/mol. The predicted octanol–water partition coefficient (Wildman–Crippen LogP) is 1.88. The van der Waals surface area contributed by atoms with Gasteiger partial charge in [-0.15, -0.1) is 0 Å². The van der Waals surface area contributed by atoms with Gasteiger partial charge in [-0.25, -0.2) is 17.5 Å². The van der Waals surface area contributed by atoms with Gasteiger partial charge in [-0.1, -0.05) is 19.1 Å². The highest BCUT2D eigenvalue weighted by Gasteiger charge is 2.20. The molecule has 0 aromatic heterocycles. The van der Waals surface area contributed by atoms with E-state index in [0.29, 0.717) is 12.2 Å². The summed E-state index contributed by atoms with van der Waals surface area (Å²) in [5, 5.41) is 0. The smallest absolute Gasteiger partial charge is 0.240 e. The number of nitrogens with two attached hydrogens (primary N) is 1. The molecule has 0 aliphatic carbocycles. The fraction of sp³-hybridized carbons (Fsp3) is 0.417. The molecule has 0 fully saturated rings. The number of hydrogen-bond acceptors (Lipinski definition) is 4. The van der Waals surface area contributed by atoms with Crippen LogP contribution in [-0.2, 0) is 10.0 Å². The van der Waals surface area contributed by atoms with Gasteiger partial charge < -0.3 is 5.73 Å². The lowest BCUT2D eigenvalue weighted by Gasteiger charge is -2.16. The molecule has 0 aliphatic heterocycles. The van der Waals surface area contributed by atoms with Crippen LogP contribution >= 0.6 is 24.0 Å². The summed E-state index contributed by atoms with van der Waals surface area (Å²) in [7, 11) is -3.71. The Morgan fingerprint density at radius 2 is 2.20 bits per heavy atom. The van der Waals surface area contributed by atoms with E-state index >= 15 is 0 Å². The molecule has 1 aromatic carbocycles. The topological polar surface area (TPSA) is 72.2 Å². The van der Waals surface area contributed by atoms with Crippen molar-refractivity contribution in [3.63, 3.8) is 0 Å². The van der Waals surface area contributed by atoms with E-state index in [-0.39, 0.29) is 21.5 Å². The quantitative estimate of drug-likeness (QED) is 0.744. The molecular formula is C12H17FN2O2S3. The van der Waals surface area contributed by atoms with Gasteiger partial charge in [0.2, 0.25) is 10.0 Å². The van der Waals surface area contributed by atoms with Gasteiger partial charge in [0.25, 0.3) is 0 Å². The highest BCUT2D eigenvalue weighted by Crippen LogP contribution is 2.16. The molecule has 0 heterocycles. The van der Waals surface area contributed by atoms with Crippen molar-refractivity contribution in [2.24, 2.45) is 5.73 Å². The van der Waals surface area contributed by atoms with Gasteiger partial charge in [0.15, 0.2) is 0 Å². The highest BCUT2D eigenvalue weighted by atomic mass is 32.2. The normalized spacial score (nSPS) is 13.2. The minimum Gasteiger partial charge on any atom is -0.389 e. The molecule has 0 bridgehead atoms. The maximum atomic E-state index is 13.5. The standard InChI is InChI=1S/C12H17FN2O2S3/c1-3-8(7-19-2)15-20(16,17)9-4-5-11(13)10(6-9)12(14)18/h4-6,8,15H,3,7H2,1-2H3,(H2,14,18). The van der Waals surface area contributed by atoms with Crippen LogP contribution in [0.15, 0.2) is 23.1 Å². The van der Waals surface area contributed by atoms with Crippen molar-refractivity contribution in [2.45, 2.75) is 24.3 Å². The highest BCUT2D eigenvalue weighted by molar-refractivity contribution is 7.98. The first-order valence-corrected chi connectivity index (χ1v) is 9.21. The molecule has 4 nitrogen and oxygen atoms in total. The van der Waals surface area contributed by atoms with Crippen LogP contribution in [0.3, 0.4) is 0 Å². The lowest BCUT2D eigenvalue weighted by molar-refractivity contribution is 0.557. The van der Waals surface area contributed by atoms with E-state index in [9.17, 15) is 12.8 Å². The number of thiocarbonyl (C=S) groups is 1. The Morgan fingerprint density at radius 1 is 1.55 bits per heavy atom. The number of hydrogen-bond donors (Lipinski definition) is 2. The van der Waals surface area contributed by atoms with Crippen LogP contribution in [0.2, 0.25) is 0 Å². The van der Waals surface area contributed by atoms with Crippen molar-refractivity contribution in [3.8, 4) is 0 Å². The summed E-state index contributed by atoms with van der Waals surface area (Å²) in [5.74, 6) is 0.0339. The molecule has 0 amide bonds. The molecule has 1 aromatic rings. The number of sulfonamides is 1. The second kappa shape index (κ2) is 7.35. The molecule has 1 rings (SSSR count). The molecule has 0 saturated carbocycles. The van der Waals surface area contributed by atoms with Gasteiger partial charge in [0.1, 0.15) is 10.8 Å². The molecule has 0 aliphatic rings. The van der Waals surface area contributed by atoms with Gasteiger partial charge in [-0.05, 0) is 30.9 Å². The lowest BCUT2D eigenvalue weighted by atomic mass is 10.2. The van der Waals surface area contributed by atoms with Crippen molar-refractivity contribution >= 4 is 39.0 Å². The Bertz CT molecular complexity index is 590. The van der Waals surface area contributed by atoms with E-state index in [1.54, 1.807) is 11.8 Å². The van der Waals surface area contributed by atoms with Crippen LogP contribution < -0.4 is 10.5 Å². The van der Waals surface area contributed by atoms with E-state index < -0.39 is 15.8 Å². The first kappa shape index (κ1) is 17.4. The minimum absolute atomic E-state index is 0.0405. The van der Waals surface area contributed by atoms with Gasteiger partial charge in [-0.2, -0.15) is 11.8 Å². The molecule has 20 heavy (non-hydrogen) atoms. The minimum atomic E-state index is -3.71.